The Balaban J connectivity index is 3.56. The number of rotatable bonds is 7. The van der Waals surface area contributed by atoms with Gasteiger partial charge in [-0.25, -0.2) is 0 Å². The van der Waals surface area contributed by atoms with Crippen LogP contribution in [0.15, 0.2) is 0 Å². The molecule has 0 saturated carbocycles. The number of carbonyl (C=O) groups excluding carboxylic acids is 1. The Kier molecular flexibility index (Phi) is 6.82. The van der Waals surface area contributed by atoms with E-state index in [2.05, 4.69) is 24.2 Å². The Bertz CT molecular complexity index is 148. The molecule has 0 aromatic heterocycles. The van der Waals surface area contributed by atoms with Crippen molar-refractivity contribution in [1.82, 2.24) is 10.2 Å². The number of ketones is 1. The molecule has 0 amide bonds. The van der Waals surface area contributed by atoms with Crippen molar-refractivity contribution < 1.29 is 4.79 Å². The quantitative estimate of drug-likeness (QED) is 0.599. The molecule has 0 heterocycles. The summed E-state index contributed by atoms with van der Waals surface area (Å²) in [4.78, 5) is 13.1. The first-order valence-corrected chi connectivity index (χ1v) is 4.92. The molecule has 0 radical (unpaired) electrons. The maximum absolute atomic E-state index is 10.8. The highest BCUT2D eigenvalue weighted by molar-refractivity contribution is 5.76. The van der Waals surface area contributed by atoms with Crippen LogP contribution in [0.5, 0.6) is 0 Å². The van der Waals surface area contributed by atoms with Crippen molar-refractivity contribution in [2.24, 2.45) is 0 Å². The Morgan fingerprint density at radius 2 is 2.15 bits per heavy atom. The van der Waals surface area contributed by atoms with Gasteiger partial charge in [-0.3, -0.25) is 4.79 Å². The highest BCUT2D eigenvalue weighted by atomic mass is 16.1. The molecule has 0 aliphatic carbocycles. The minimum atomic E-state index is 0.271. The van der Waals surface area contributed by atoms with Gasteiger partial charge in [0.25, 0.3) is 0 Å². The summed E-state index contributed by atoms with van der Waals surface area (Å²) in [5, 5.41) is 3.11. The van der Waals surface area contributed by atoms with Crippen LogP contribution in [0.1, 0.15) is 26.7 Å². The molecule has 0 aromatic carbocycles. The van der Waals surface area contributed by atoms with Gasteiger partial charge in [0.2, 0.25) is 0 Å². The second kappa shape index (κ2) is 7.04. The van der Waals surface area contributed by atoms with Crippen molar-refractivity contribution >= 4 is 5.78 Å². The van der Waals surface area contributed by atoms with Crippen LogP contribution in [0.4, 0.5) is 0 Å². The third kappa shape index (κ3) is 6.72. The van der Waals surface area contributed by atoms with Crippen molar-refractivity contribution in [2.45, 2.75) is 32.7 Å². The average molecular weight is 186 g/mol. The second-order valence-corrected chi connectivity index (χ2v) is 3.69. The monoisotopic (exact) mass is 186 g/mol. The molecule has 1 atom stereocenters. The zero-order valence-electron chi connectivity index (χ0n) is 9.26. The van der Waals surface area contributed by atoms with Crippen LogP contribution in [-0.4, -0.2) is 43.9 Å². The lowest BCUT2D eigenvalue weighted by Crippen LogP contribution is -2.32. The molecule has 0 spiro atoms. The summed E-state index contributed by atoms with van der Waals surface area (Å²) >= 11 is 0. The van der Waals surface area contributed by atoms with Crippen LogP contribution >= 0.6 is 0 Å². The van der Waals surface area contributed by atoms with Gasteiger partial charge in [0.05, 0.1) is 0 Å². The fourth-order valence-electron chi connectivity index (χ4n) is 1.30. The van der Waals surface area contributed by atoms with Crippen LogP contribution in [0, 0.1) is 0 Å². The Hall–Kier alpha value is -0.410. The largest absolute Gasteiger partial charge is 0.320 e. The molecule has 0 aliphatic heterocycles. The summed E-state index contributed by atoms with van der Waals surface area (Å²) in [5.74, 6) is 0.271. The summed E-state index contributed by atoms with van der Waals surface area (Å²) in [6, 6.07) is 0.370. The van der Waals surface area contributed by atoms with Gasteiger partial charge in [0.15, 0.2) is 0 Å². The molecular weight excluding hydrogens is 164 g/mol. The summed E-state index contributed by atoms with van der Waals surface area (Å²) < 4.78 is 0. The SMILES string of the molecule is CNCCCN(C)C(C)CC(C)=O. The highest BCUT2D eigenvalue weighted by Gasteiger charge is 2.10. The van der Waals surface area contributed by atoms with E-state index < -0.39 is 0 Å². The van der Waals surface area contributed by atoms with Gasteiger partial charge in [0.1, 0.15) is 5.78 Å². The van der Waals surface area contributed by atoms with Gasteiger partial charge < -0.3 is 10.2 Å². The zero-order chi connectivity index (χ0) is 10.3. The van der Waals surface area contributed by atoms with E-state index in [1.165, 1.54) is 0 Å². The van der Waals surface area contributed by atoms with E-state index in [9.17, 15) is 4.79 Å². The van der Waals surface area contributed by atoms with Crippen molar-refractivity contribution in [2.75, 3.05) is 27.2 Å². The second-order valence-electron chi connectivity index (χ2n) is 3.69. The fourth-order valence-corrected chi connectivity index (χ4v) is 1.30. The van der Waals surface area contributed by atoms with Crippen LogP contribution in [0.25, 0.3) is 0 Å². The van der Waals surface area contributed by atoms with Gasteiger partial charge >= 0.3 is 0 Å². The Morgan fingerprint density at radius 1 is 1.54 bits per heavy atom. The van der Waals surface area contributed by atoms with E-state index in [-0.39, 0.29) is 5.78 Å². The fraction of sp³-hybridized carbons (Fsp3) is 0.900. The van der Waals surface area contributed by atoms with Gasteiger partial charge in [-0.2, -0.15) is 0 Å². The maximum Gasteiger partial charge on any atom is 0.131 e. The van der Waals surface area contributed by atoms with E-state index in [4.69, 9.17) is 0 Å². The van der Waals surface area contributed by atoms with E-state index >= 15 is 0 Å². The van der Waals surface area contributed by atoms with Gasteiger partial charge in [-0.15, -0.1) is 0 Å². The van der Waals surface area contributed by atoms with Gasteiger partial charge in [-0.1, -0.05) is 0 Å². The molecule has 78 valence electrons. The predicted octanol–water partition coefficient (Wildman–Crippen LogP) is 0.895. The zero-order valence-corrected chi connectivity index (χ0v) is 9.26. The van der Waals surface area contributed by atoms with Gasteiger partial charge in [0, 0.05) is 12.5 Å². The van der Waals surface area contributed by atoms with Gasteiger partial charge in [-0.05, 0) is 47.5 Å². The molecule has 1 N–H and O–H groups in total. The third-order valence-corrected chi connectivity index (χ3v) is 2.27. The molecule has 3 heteroatoms. The predicted molar refractivity (Wildman–Crippen MR) is 55.9 cm³/mol. The van der Waals surface area contributed by atoms with E-state index in [0.29, 0.717) is 12.5 Å². The van der Waals surface area contributed by atoms with Crippen molar-refractivity contribution in [3.63, 3.8) is 0 Å². The molecule has 0 aliphatic rings. The smallest absolute Gasteiger partial charge is 0.131 e. The topological polar surface area (TPSA) is 32.3 Å². The Labute approximate surface area is 81.5 Å². The van der Waals surface area contributed by atoms with Crippen molar-refractivity contribution in [3.8, 4) is 0 Å². The first-order chi connectivity index (χ1) is 6.07. The first-order valence-electron chi connectivity index (χ1n) is 4.92. The molecular formula is C10H22N2O. The number of Topliss-reactive ketones (excluding diaryl/α,β-unsaturated/α-hetero) is 1. The standard InChI is InChI=1S/C10H22N2O/c1-9(8-10(2)13)12(4)7-5-6-11-3/h9,11H,5-8H2,1-4H3. The lowest BCUT2D eigenvalue weighted by atomic mass is 10.1. The minimum absolute atomic E-state index is 0.271. The average Bonchev–Trinajstić information content (AvgIpc) is 2.03. The first kappa shape index (κ1) is 12.6. The lowest BCUT2D eigenvalue weighted by molar-refractivity contribution is -0.118. The van der Waals surface area contributed by atoms with Crippen LogP contribution < -0.4 is 5.32 Å². The van der Waals surface area contributed by atoms with Crippen molar-refractivity contribution in [3.05, 3.63) is 0 Å². The molecule has 0 fully saturated rings. The van der Waals surface area contributed by atoms with Crippen LogP contribution in [0.3, 0.4) is 0 Å². The molecule has 3 nitrogen and oxygen atoms in total. The molecule has 0 aromatic rings. The molecule has 0 rings (SSSR count). The minimum Gasteiger partial charge on any atom is -0.320 e. The van der Waals surface area contributed by atoms with E-state index in [1.54, 1.807) is 6.92 Å². The molecule has 13 heavy (non-hydrogen) atoms. The number of carbonyl (C=O) groups is 1. The number of hydrogen-bond acceptors (Lipinski definition) is 3. The Morgan fingerprint density at radius 3 is 2.62 bits per heavy atom. The van der Waals surface area contributed by atoms with E-state index in [0.717, 1.165) is 19.5 Å². The summed E-state index contributed by atoms with van der Waals surface area (Å²) in [7, 11) is 4.03. The number of hydrogen-bond donors (Lipinski definition) is 1. The number of nitrogens with one attached hydrogen (secondary N) is 1. The number of nitrogens with zero attached hydrogens (tertiary/aromatic N) is 1. The lowest BCUT2D eigenvalue weighted by Gasteiger charge is -2.23. The summed E-state index contributed by atoms with van der Waals surface area (Å²) in [5.41, 5.74) is 0. The highest BCUT2D eigenvalue weighted by Crippen LogP contribution is 2.01. The third-order valence-electron chi connectivity index (χ3n) is 2.27. The van der Waals surface area contributed by atoms with Crippen molar-refractivity contribution in [1.29, 1.82) is 0 Å². The van der Waals surface area contributed by atoms with Crippen LogP contribution in [-0.2, 0) is 4.79 Å². The van der Waals surface area contributed by atoms with Crippen LogP contribution in [0.2, 0.25) is 0 Å². The molecule has 0 bridgehead atoms. The van der Waals surface area contributed by atoms with E-state index in [1.807, 2.05) is 7.05 Å². The summed E-state index contributed by atoms with van der Waals surface area (Å²) in [6.07, 6.45) is 1.80. The maximum atomic E-state index is 10.8. The summed E-state index contributed by atoms with van der Waals surface area (Å²) in [6.45, 7) is 5.84. The normalized spacial score (nSPS) is 13.3. The molecule has 0 saturated heterocycles. The molecule has 1 unspecified atom stereocenters.